The molecule has 2 amide bonds. The van der Waals surface area contributed by atoms with E-state index in [1.54, 1.807) is 27.6 Å². The third-order valence-electron chi connectivity index (χ3n) is 11.1. The minimum absolute atomic E-state index is 0.0447. The molecular weight excluding hydrogens is 690 g/mol. The first-order valence-corrected chi connectivity index (χ1v) is 21.0. The second-order valence-corrected chi connectivity index (χ2v) is 18.5. The van der Waals surface area contributed by atoms with Crippen LogP contribution in [0.5, 0.6) is 5.75 Å². The molecule has 1 N–H and O–H groups in total. The third-order valence-corrected chi connectivity index (χ3v) is 13.5. The number of para-hydroxylation sites is 3. The number of hydrogen-bond acceptors (Lipinski definition) is 7. The van der Waals surface area contributed by atoms with Crippen LogP contribution in [0.1, 0.15) is 41.6 Å². The number of hydrogen-bond donors (Lipinski definition) is 1. The van der Waals surface area contributed by atoms with Gasteiger partial charge in [-0.05, 0) is 61.0 Å². The third kappa shape index (κ3) is 6.04. The van der Waals surface area contributed by atoms with E-state index in [0.29, 0.717) is 35.8 Å². The fourth-order valence-electron chi connectivity index (χ4n) is 8.64. The summed E-state index contributed by atoms with van der Waals surface area (Å²) in [7, 11) is -3.36. The van der Waals surface area contributed by atoms with Crippen molar-refractivity contribution < 1.29 is 28.3 Å². The van der Waals surface area contributed by atoms with Gasteiger partial charge in [-0.2, -0.15) is 0 Å². The number of anilines is 3. The number of aryl methyl sites for hydroxylation is 1. The highest BCUT2D eigenvalue weighted by atomic mass is 28.4. The number of benzene rings is 4. The summed E-state index contributed by atoms with van der Waals surface area (Å²) in [6.45, 7) is 5.90. The molecule has 10 nitrogen and oxygen atoms in total. The maximum atomic E-state index is 16.4. The molecule has 0 bridgehead atoms. The number of aliphatic hydroxyl groups is 1. The molecule has 8 rings (SSSR count). The number of carbonyl (C=O) groups excluding carboxylic acids is 2. The zero-order valence-corrected chi connectivity index (χ0v) is 30.9. The number of nitrogens with zero attached hydrogens (tertiary/aromatic N) is 5. The molecule has 3 aliphatic heterocycles. The zero-order valence-electron chi connectivity index (χ0n) is 29.9. The highest BCUT2D eigenvalue weighted by Gasteiger charge is 2.66. The minimum atomic E-state index is -3.36. The van der Waals surface area contributed by atoms with Gasteiger partial charge in [-0.25, -0.2) is 0 Å². The molecule has 53 heavy (non-hydrogen) atoms. The quantitative estimate of drug-likeness (QED) is 0.123. The van der Waals surface area contributed by atoms with Gasteiger partial charge < -0.3 is 23.6 Å². The van der Waals surface area contributed by atoms with Crippen LogP contribution in [0.4, 0.5) is 21.2 Å². The van der Waals surface area contributed by atoms with E-state index in [2.05, 4.69) is 10.3 Å². The lowest BCUT2D eigenvalue weighted by atomic mass is 9.82. The fourth-order valence-corrected chi connectivity index (χ4v) is 11.2. The lowest BCUT2D eigenvalue weighted by Crippen LogP contribution is -2.45. The summed E-state index contributed by atoms with van der Waals surface area (Å²) in [5.74, 6) is -0.448. The zero-order chi connectivity index (χ0) is 36.9. The monoisotopic (exact) mass is 731 g/mol. The first-order valence-electron chi connectivity index (χ1n) is 18.1. The largest absolute Gasteiger partial charge is 0.482 e. The van der Waals surface area contributed by atoms with E-state index < -0.39 is 31.6 Å². The molecule has 1 saturated heterocycles. The Labute approximate surface area is 308 Å². The summed E-state index contributed by atoms with van der Waals surface area (Å²) in [4.78, 5) is 31.1. The van der Waals surface area contributed by atoms with Crippen LogP contribution >= 0.6 is 0 Å². The van der Waals surface area contributed by atoms with Gasteiger partial charge in [-0.3, -0.25) is 19.2 Å². The van der Waals surface area contributed by atoms with Gasteiger partial charge in [0.05, 0.1) is 42.2 Å². The highest BCUT2D eigenvalue weighted by Crippen LogP contribution is 2.60. The van der Waals surface area contributed by atoms with Crippen molar-refractivity contribution in [3.63, 3.8) is 0 Å². The molecule has 5 atom stereocenters. The molecule has 4 heterocycles. The maximum Gasteiger partial charge on any atom is 0.269 e. The van der Waals surface area contributed by atoms with Gasteiger partial charge in [0, 0.05) is 35.5 Å². The highest BCUT2D eigenvalue weighted by molar-refractivity contribution is 6.72. The van der Waals surface area contributed by atoms with Crippen LogP contribution < -0.4 is 14.5 Å². The van der Waals surface area contributed by atoms with E-state index in [4.69, 9.17) is 9.47 Å². The number of amides is 2. The predicted molar refractivity (Wildman–Crippen MR) is 201 cm³/mol. The standard InChI is InChI=1S/C41H42FN5O5Si/c1-27-39(53(2,3)42)37(21-22-45-24-33(43-44-45)31(25-48)29-11-5-4-6-12-29)52-41(27)32-13-7-8-14-34(32)46(40(41)50)23-28-17-19-30(20-18-28)47-35-15-9-10-16-36(35)51-26-38(47)49/h4-20,24,27,31,37,39,48H,21-23,25-26H2,1-3H3/t27-,31?,37+,39-,41+/m0/s1. The molecule has 0 radical (unpaired) electrons. The number of halogens is 1. The van der Waals surface area contributed by atoms with Gasteiger partial charge in [0.1, 0.15) is 5.75 Å². The summed E-state index contributed by atoms with van der Waals surface area (Å²) in [5.41, 5.74) is 3.58. The Balaban J connectivity index is 1.04. The Kier molecular flexibility index (Phi) is 9.00. The molecule has 0 saturated carbocycles. The normalized spacial score (nSPS) is 22.9. The number of aliphatic hydroxyl groups excluding tert-OH is 1. The van der Waals surface area contributed by atoms with Crippen LogP contribution in [-0.2, 0) is 33.0 Å². The van der Waals surface area contributed by atoms with Crippen molar-refractivity contribution in [2.45, 2.75) is 62.7 Å². The van der Waals surface area contributed by atoms with Gasteiger partial charge >= 0.3 is 0 Å². The molecule has 4 aromatic carbocycles. The van der Waals surface area contributed by atoms with Crippen LogP contribution in [0.25, 0.3) is 0 Å². The lowest BCUT2D eigenvalue weighted by Gasteiger charge is -2.31. The van der Waals surface area contributed by atoms with Crippen molar-refractivity contribution in [3.8, 4) is 5.75 Å². The van der Waals surface area contributed by atoms with Crippen LogP contribution in [0.15, 0.2) is 109 Å². The summed E-state index contributed by atoms with van der Waals surface area (Å²) in [6.07, 6.45) is 1.73. The Morgan fingerprint density at radius 3 is 2.38 bits per heavy atom. The van der Waals surface area contributed by atoms with E-state index in [-0.39, 0.29) is 37.5 Å². The molecule has 1 aromatic heterocycles. The lowest BCUT2D eigenvalue weighted by molar-refractivity contribution is -0.146. The van der Waals surface area contributed by atoms with E-state index in [1.165, 1.54) is 0 Å². The van der Waals surface area contributed by atoms with Crippen LogP contribution in [0.3, 0.4) is 0 Å². The average Bonchev–Trinajstić information content (AvgIpc) is 3.82. The summed E-state index contributed by atoms with van der Waals surface area (Å²) >= 11 is 0. The first-order chi connectivity index (χ1) is 25.6. The number of fused-ring (bicyclic) bond motifs is 3. The molecule has 1 spiro atoms. The van der Waals surface area contributed by atoms with Gasteiger partial charge in [0.25, 0.3) is 11.8 Å². The number of ether oxygens (including phenoxy) is 2. The number of aromatic nitrogens is 3. The van der Waals surface area contributed by atoms with Gasteiger partial charge in [0.15, 0.2) is 12.2 Å². The Morgan fingerprint density at radius 1 is 0.943 bits per heavy atom. The van der Waals surface area contributed by atoms with Crippen molar-refractivity contribution >= 4 is 37.3 Å². The van der Waals surface area contributed by atoms with Crippen molar-refractivity contribution in [3.05, 3.63) is 132 Å². The second-order valence-electron chi connectivity index (χ2n) is 14.7. The summed E-state index contributed by atoms with van der Waals surface area (Å²) in [6, 6.07) is 32.4. The number of rotatable bonds is 10. The van der Waals surface area contributed by atoms with Crippen molar-refractivity contribution in [2.75, 3.05) is 23.0 Å². The second kappa shape index (κ2) is 13.7. The SMILES string of the molecule is C[C@H]1[C@H]([Si](C)(C)F)[C@@H](CCn2cc(C(CO)c3ccccc3)nn2)O[C@]12C(=O)N(Cc1ccc(N3C(=O)COc4ccccc43)cc1)c1ccccc12. The Morgan fingerprint density at radius 2 is 1.64 bits per heavy atom. The molecule has 12 heteroatoms. The topological polar surface area (TPSA) is 110 Å². The van der Waals surface area contributed by atoms with Crippen LogP contribution in [0, 0.1) is 5.92 Å². The maximum absolute atomic E-state index is 16.4. The van der Waals surface area contributed by atoms with Crippen LogP contribution in [-0.4, -0.2) is 59.6 Å². The predicted octanol–water partition coefficient (Wildman–Crippen LogP) is 6.87. The summed E-state index contributed by atoms with van der Waals surface area (Å²) in [5, 5.41) is 18.9. The average molecular weight is 732 g/mol. The molecule has 0 aliphatic carbocycles. The molecule has 272 valence electrons. The number of carbonyl (C=O) groups is 2. The fraction of sp³-hybridized carbons (Fsp3) is 0.317. The van der Waals surface area contributed by atoms with E-state index >= 15 is 4.11 Å². The van der Waals surface area contributed by atoms with Gasteiger partial charge in [-0.1, -0.05) is 84.9 Å². The molecule has 3 aliphatic rings. The Hall–Kier alpha value is -5.17. The van der Waals surface area contributed by atoms with Gasteiger partial charge in [0.2, 0.25) is 8.41 Å². The first kappa shape index (κ1) is 34.9. The molecule has 1 fully saturated rings. The smallest absolute Gasteiger partial charge is 0.269 e. The van der Waals surface area contributed by atoms with E-state index in [1.807, 2.05) is 116 Å². The van der Waals surface area contributed by atoms with Crippen molar-refractivity contribution in [1.29, 1.82) is 0 Å². The van der Waals surface area contributed by atoms with Crippen LogP contribution in [0.2, 0.25) is 18.6 Å². The van der Waals surface area contributed by atoms with Gasteiger partial charge in [-0.15, -0.1) is 5.10 Å². The van der Waals surface area contributed by atoms with E-state index in [9.17, 15) is 14.7 Å². The molecular formula is C41H42FN5O5Si. The van der Waals surface area contributed by atoms with Crippen molar-refractivity contribution in [1.82, 2.24) is 15.0 Å². The Bertz CT molecular complexity index is 2140. The molecule has 1 unspecified atom stereocenters. The molecule has 5 aromatic rings. The van der Waals surface area contributed by atoms with Crippen molar-refractivity contribution in [2.24, 2.45) is 5.92 Å². The van der Waals surface area contributed by atoms with E-state index in [0.717, 1.165) is 22.4 Å². The summed E-state index contributed by atoms with van der Waals surface area (Å²) < 4.78 is 30.7. The minimum Gasteiger partial charge on any atom is -0.482 e.